The summed E-state index contributed by atoms with van der Waals surface area (Å²) in [5, 5.41) is 12.9. The molecule has 1 heterocycles. The molecule has 21 heavy (non-hydrogen) atoms. The molecule has 0 amide bonds. The third-order valence-electron chi connectivity index (χ3n) is 3.61. The fourth-order valence-electron chi connectivity index (χ4n) is 2.65. The third-order valence-corrected chi connectivity index (χ3v) is 4.77. The quantitative estimate of drug-likeness (QED) is 0.854. The lowest BCUT2D eigenvalue weighted by Crippen LogP contribution is -2.16. The maximum Gasteiger partial charge on any atom is 0.435 e. The number of carbonyl (C=O) groups is 1. The van der Waals surface area contributed by atoms with Crippen LogP contribution in [0.5, 0.6) is 0 Å². The number of alkyl halides is 3. The van der Waals surface area contributed by atoms with E-state index < -0.39 is 17.8 Å². The van der Waals surface area contributed by atoms with Crippen molar-refractivity contribution in [1.82, 2.24) is 9.78 Å². The Balaban J connectivity index is 2.37. The third kappa shape index (κ3) is 3.72. The largest absolute Gasteiger partial charge is 0.481 e. The summed E-state index contributed by atoms with van der Waals surface area (Å²) >= 11 is 0.913. The van der Waals surface area contributed by atoms with E-state index in [9.17, 15) is 18.0 Å². The molecule has 0 saturated heterocycles. The SMILES string of the molecule is Cc1c(C(F)(F)F)nn(C2CCCCC2)c1SCC(=O)O. The van der Waals surface area contributed by atoms with Gasteiger partial charge in [-0.1, -0.05) is 31.0 Å². The van der Waals surface area contributed by atoms with Crippen molar-refractivity contribution in [2.75, 3.05) is 5.75 Å². The van der Waals surface area contributed by atoms with Gasteiger partial charge in [-0.25, -0.2) is 0 Å². The summed E-state index contributed by atoms with van der Waals surface area (Å²) in [5.74, 6) is -1.32. The highest BCUT2D eigenvalue weighted by atomic mass is 32.2. The predicted octanol–water partition coefficient (Wildman–Crippen LogP) is 3.89. The number of nitrogens with zero attached hydrogens (tertiary/aromatic N) is 2. The van der Waals surface area contributed by atoms with Crippen LogP contribution in [0, 0.1) is 6.92 Å². The van der Waals surface area contributed by atoms with Crippen LogP contribution in [0.3, 0.4) is 0 Å². The standard InChI is InChI=1S/C13H17F3N2O2S/c1-8-11(13(14,15)16)17-18(9-5-3-2-4-6-9)12(8)21-7-10(19)20/h9H,2-7H2,1H3,(H,19,20). The number of carboxylic acid groups (broad SMARTS) is 1. The van der Waals surface area contributed by atoms with Crippen molar-refractivity contribution in [3.63, 3.8) is 0 Å². The normalized spacial score (nSPS) is 17.1. The maximum absolute atomic E-state index is 13.0. The van der Waals surface area contributed by atoms with E-state index in [1.54, 1.807) is 0 Å². The van der Waals surface area contributed by atoms with Gasteiger partial charge in [0.15, 0.2) is 5.69 Å². The minimum absolute atomic E-state index is 0.0272. The molecule has 4 nitrogen and oxygen atoms in total. The number of hydrogen-bond acceptors (Lipinski definition) is 3. The minimum atomic E-state index is -4.51. The van der Waals surface area contributed by atoms with E-state index in [1.807, 2.05) is 0 Å². The van der Waals surface area contributed by atoms with Crippen LogP contribution < -0.4 is 0 Å². The second-order valence-electron chi connectivity index (χ2n) is 5.20. The monoisotopic (exact) mass is 322 g/mol. The molecule has 0 aromatic carbocycles. The highest BCUT2D eigenvalue weighted by molar-refractivity contribution is 7.99. The summed E-state index contributed by atoms with van der Waals surface area (Å²) in [7, 11) is 0. The van der Waals surface area contributed by atoms with Crippen molar-refractivity contribution in [3.05, 3.63) is 11.3 Å². The molecule has 1 fully saturated rings. The molecule has 0 spiro atoms. The first-order chi connectivity index (χ1) is 9.80. The van der Waals surface area contributed by atoms with E-state index in [4.69, 9.17) is 5.11 Å². The zero-order chi connectivity index (χ0) is 15.6. The minimum Gasteiger partial charge on any atom is -0.481 e. The molecule has 118 valence electrons. The van der Waals surface area contributed by atoms with E-state index in [2.05, 4.69) is 5.10 Å². The first-order valence-corrected chi connectivity index (χ1v) is 7.80. The molecule has 0 atom stereocenters. The molecule has 1 saturated carbocycles. The molecular weight excluding hydrogens is 305 g/mol. The van der Waals surface area contributed by atoms with Crippen LogP contribution in [0.15, 0.2) is 5.03 Å². The number of thioether (sulfide) groups is 1. The molecule has 0 aliphatic heterocycles. The number of aliphatic carboxylic acids is 1. The van der Waals surface area contributed by atoms with E-state index in [-0.39, 0.29) is 17.4 Å². The second-order valence-corrected chi connectivity index (χ2v) is 6.16. The van der Waals surface area contributed by atoms with Gasteiger partial charge in [0.1, 0.15) is 0 Å². The average Bonchev–Trinajstić information content (AvgIpc) is 2.74. The van der Waals surface area contributed by atoms with Crippen molar-refractivity contribution in [3.8, 4) is 0 Å². The second kappa shape index (κ2) is 6.29. The van der Waals surface area contributed by atoms with Gasteiger partial charge in [-0.15, -0.1) is 0 Å². The summed E-state index contributed by atoms with van der Waals surface area (Å²) in [6.07, 6.45) is 0.0863. The van der Waals surface area contributed by atoms with Crippen LogP contribution in [0.25, 0.3) is 0 Å². The van der Waals surface area contributed by atoms with Crippen LogP contribution in [0.1, 0.15) is 49.4 Å². The number of rotatable bonds is 4. The van der Waals surface area contributed by atoms with Gasteiger partial charge in [0, 0.05) is 5.56 Å². The van der Waals surface area contributed by atoms with Gasteiger partial charge in [0.05, 0.1) is 16.8 Å². The van der Waals surface area contributed by atoms with Gasteiger partial charge in [-0.05, 0) is 19.8 Å². The summed E-state index contributed by atoms with van der Waals surface area (Å²) in [6.45, 7) is 1.36. The Hall–Kier alpha value is -1.18. The maximum atomic E-state index is 13.0. The summed E-state index contributed by atoms with van der Waals surface area (Å²) < 4.78 is 40.4. The summed E-state index contributed by atoms with van der Waals surface area (Å²) in [5.41, 5.74) is -0.875. The van der Waals surface area contributed by atoms with Crippen LogP contribution >= 0.6 is 11.8 Å². The topological polar surface area (TPSA) is 55.1 Å². The van der Waals surface area contributed by atoms with Gasteiger partial charge >= 0.3 is 12.1 Å². The van der Waals surface area contributed by atoms with Crippen molar-refractivity contribution in [2.45, 2.75) is 56.3 Å². The Labute approximate surface area is 124 Å². The molecular formula is C13H17F3N2O2S. The highest BCUT2D eigenvalue weighted by Crippen LogP contribution is 2.39. The smallest absolute Gasteiger partial charge is 0.435 e. The fourth-order valence-corrected chi connectivity index (χ4v) is 3.54. The molecule has 0 unspecified atom stereocenters. The van der Waals surface area contributed by atoms with Gasteiger partial charge in [0.2, 0.25) is 0 Å². The van der Waals surface area contributed by atoms with Crippen LogP contribution in [0.2, 0.25) is 0 Å². The molecule has 1 aromatic heterocycles. The van der Waals surface area contributed by atoms with E-state index in [0.29, 0.717) is 5.03 Å². The first kappa shape index (κ1) is 16.2. The van der Waals surface area contributed by atoms with Gasteiger partial charge in [-0.3, -0.25) is 9.48 Å². The lowest BCUT2D eigenvalue weighted by molar-refractivity contribution is -0.142. The molecule has 0 bridgehead atoms. The summed E-state index contributed by atoms with van der Waals surface area (Å²) in [4.78, 5) is 10.7. The van der Waals surface area contributed by atoms with Crippen LogP contribution in [-0.2, 0) is 11.0 Å². The van der Waals surface area contributed by atoms with Gasteiger partial charge in [0.25, 0.3) is 0 Å². The van der Waals surface area contributed by atoms with Crippen molar-refractivity contribution < 1.29 is 23.1 Å². The number of aromatic nitrogens is 2. The van der Waals surface area contributed by atoms with Crippen LogP contribution in [0.4, 0.5) is 13.2 Å². The molecule has 2 rings (SSSR count). The number of halogens is 3. The van der Waals surface area contributed by atoms with Crippen molar-refractivity contribution in [2.24, 2.45) is 0 Å². The Bertz CT molecular complexity index is 522. The molecule has 1 aromatic rings. The van der Waals surface area contributed by atoms with Crippen LogP contribution in [-0.4, -0.2) is 26.6 Å². The zero-order valence-corrected chi connectivity index (χ0v) is 12.4. The highest BCUT2D eigenvalue weighted by Gasteiger charge is 2.39. The predicted molar refractivity (Wildman–Crippen MR) is 72.4 cm³/mol. The molecule has 8 heteroatoms. The number of carboxylic acids is 1. The van der Waals surface area contributed by atoms with Gasteiger partial charge in [-0.2, -0.15) is 18.3 Å². The Morgan fingerprint density at radius 1 is 1.38 bits per heavy atom. The molecule has 1 aliphatic rings. The average molecular weight is 322 g/mol. The Morgan fingerprint density at radius 3 is 2.52 bits per heavy atom. The van der Waals surface area contributed by atoms with Crippen molar-refractivity contribution >= 4 is 17.7 Å². The molecule has 1 aliphatic carbocycles. The fraction of sp³-hybridized carbons (Fsp3) is 0.692. The number of hydrogen-bond donors (Lipinski definition) is 1. The lowest BCUT2D eigenvalue weighted by atomic mass is 9.96. The van der Waals surface area contributed by atoms with E-state index >= 15 is 0 Å². The lowest BCUT2D eigenvalue weighted by Gasteiger charge is -2.23. The van der Waals surface area contributed by atoms with Gasteiger partial charge < -0.3 is 5.11 Å². The Morgan fingerprint density at radius 2 is 2.00 bits per heavy atom. The van der Waals surface area contributed by atoms with E-state index in [0.717, 1.165) is 43.9 Å². The van der Waals surface area contributed by atoms with E-state index in [1.165, 1.54) is 11.6 Å². The first-order valence-electron chi connectivity index (χ1n) is 6.81. The Kier molecular flexibility index (Phi) is 4.85. The molecule has 0 radical (unpaired) electrons. The summed E-state index contributed by atoms with van der Waals surface area (Å²) in [6, 6.07) is -0.0650. The van der Waals surface area contributed by atoms with Crippen molar-refractivity contribution in [1.29, 1.82) is 0 Å². The molecule has 1 N–H and O–H groups in total. The zero-order valence-electron chi connectivity index (χ0n) is 11.6.